The number of fused-ring (bicyclic) bond motifs is 1. The van der Waals surface area contributed by atoms with Crippen molar-refractivity contribution >= 4 is 28.5 Å². The third kappa shape index (κ3) is 3.54. The predicted octanol–water partition coefficient (Wildman–Crippen LogP) is 4.31. The number of aromatic hydroxyl groups is 1. The van der Waals surface area contributed by atoms with Gasteiger partial charge < -0.3 is 19.1 Å². The first-order valence-corrected chi connectivity index (χ1v) is 8.62. The number of ether oxygens (including phenoxy) is 2. The van der Waals surface area contributed by atoms with Crippen LogP contribution in [0.25, 0.3) is 10.9 Å². The average molecular weight is 374 g/mol. The second kappa shape index (κ2) is 7.81. The summed E-state index contributed by atoms with van der Waals surface area (Å²) in [6, 6.07) is 12.5. The lowest BCUT2D eigenvalue weighted by molar-refractivity contribution is 0.0601. The molecule has 1 heterocycles. The molecule has 26 heavy (non-hydrogen) atoms. The number of benzene rings is 2. The van der Waals surface area contributed by atoms with E-state index in [1.54, 1.807) is 18.2 Å². The van der Waals surface area contributed by atoms with Gasteiger partial charge in [0, 0.05) is 28.2 Å². The fraction of sp³-hybridized carbons (Fsp3) is 0.250. The van der Waals surface area contributed by atoms with Crippen LogP contribution in [0.1, 0.15) is 21.6 Å². The van der Waals surface area contributed by atoms with Crippen molar-refractivity contribution in [1.29, 1.82) is 0 Å². The Morgan fingerprint density at radius 3 is 2.73 bits per heavy atom. The summed E-state index contributed by atoms with van der Waals surface area (Å²) in [7, 11) is 1.35. The highest BCUT2D eigenvalue weighted by molar-refractivity contribution is 6.31. The van der Waals surface area contributed by atoms with Gasteiger partial charge in [-0.15, -0.1) is 0 Å². The van der Waals surface area contributed by atoms with Gasteiger partial charge in [-0.2, -0.15) is 0 Å². The Kier molecular flexibility index (Phi) is 5.49. The molecular weight excluding hydrogens is 354 g/mol. The Hall–Kier alpha value is -2.50. The number of aromatic nitrogens is 1. The van der Waals surface area contributed by atoms with Gasteiger partial charge in [-0.3, -0.25) is 0 Å². The van der Waals surface area contributed by atoms with Crippen molar-refractivity contribution in [1.82, 2.24) is 4.57 Å². The van der Waals surface area contributed by atoms with Crippen LogP contribution in [0.5, 0.6) is 5.75 Å². The molecule has 1 aromatic heterocycles. The van der Waals surface area contributed by atoms with E-state index in [2.05, 4.69) is 0 Å². The molecule has 0 amide bonds. The Balaban J connectivity index is 1.80. The Bertz CT molecular complexity index is 948. The highest BCUT2D eigenvalue weighted by Gasteiger charge is 2.20. The number of carbonyl (C=O) groups excluding carboxylic acids is 1. The zero-order valence-electron chi connectivity index (χ0n) is 14.7. The maximum absolute atomic E-state index is 12.2. The molecule has 3 aromatic rings. The molecule has 0 saturated carbocycles. The summed E-state index contributed by atoms with van der Waals surface area (Å²) in [4.78, 5) is 12.2. The predicted molar refractivity (Wildman–Crippen MR) is 101 cm³/mol. The van der Waals surface area contributed by atoms with E-state index in [1.165, 1.54) is 7.11 Å². The van der Waals surface area contributed by atoms with E-state index in [-0.39, 0.29) is 5.75 Å². The summed E-state index contributed by atoms with van der Waals surface area (Å²) >= 11 is 6.13. The van der Waals surface area contributed by atoms with Gasteiger partial charge in [0.15, 0.2) is 0 Å². The monoisotopic (exact) mass is 373 g/mol. The summed E-state index contributed by atoms with van der Waals surface area (Å²) in [6.45, 7) is 3.30. The third-order valence-corrected chi connectivity index (χ3v) is 4.74. The van der Waals surface area contributed by atoms with Crippen molar-refractivity contribution in [3.63, 3.8) is 0 Å². The van der Waals surface area contributed by atoms with Crippen LogP contribution in [0.3, 0.4) is 0 Å². The Labute approximate surface area is 156 Å². The van der Waals surface area contributed by atoms with Crippen molar-refractivity contribution in [2.45, 2.75) is 20.1 Å². The molecule has 0 atom stereocenters. The molecule has 5 nitrogen and oxygen atoms in total. The number of nitrogens with zero attached hydrogens (tertiary/aromatic N) is 1. The molecule has 0 fully saturated rings. The van der Waals surface area contributed by atoms with E-state index < -0.39 is 5.97 Å². The first-order valence-electron chi connectivity index (χ1n) is 8.24. The quantitative estimate of drug-likeness (QED) is 0.516. The van der Waals surface area contributed by atoms with E-state index in [1.807, 2.05) is 35.8 Å². The summed E-state index contributed by atoms with van der Waals surface area (Å²) in [5, 5.41) is 11.1. The number of carbonyl (C=O) groups is 1. The van der Waals surface area contributed by atoms with E-state index in [9.17, 15) is 9.90 Å². The molecule has 0 aliphatic heterocycles. The number of hydrogen-bond acceptors (Lipinski definition) is 4. The number of phenolic OH excluding ortho intramolecular Hbond substituents is 1. The van der Waals surface area contributed by atoms with Gasteiger partial charge in [0.2, 0.25) is 0 Å². The summed E-state index contributed by atoms with van der Waals surface area (Å²) in [5.74, 6) is -0.316. The van der Waals surface area contributed by atoms with Crippen molar-refractivity contribution in [2.24, 2.45) is 0 Å². The van der Waals surface area contributed by atoms with Crippen LogP contribution in [0.2, 0.25) is 5.02 Å². The fourth-order valence-electron chi connectivity index (χ4n) is 3.07. The standard InChI is InChI=1S/C20H20ClNO4/c1-13-19(20(24)25-2)16-11-15(23)7-8-18(16)22(13)9-10-26-12-14-5-3-4-6-17(14)21/h3-8,11,23H,9-10,12H2,1-2H3. The average Bonchev–Trinajstić information content (AvgIpc) is 2.90. The molecule has 0 bridgehead atoms. The first-order chi connectivity index (χ1) is 12.5. The van der Waals surface area contributed by atoms with E-state index in [4.69, 9.17) is 21.1 Å². The summed E-state index contributed by atoms with van der Waals surface area (Å²) in [6.07, 6.45) is 0. The number of phenols is 1. The number of methoxy groups -OCH3 is 1. The molecule has 3 rings (SSSR count). The molecule has 0 radical (unpaired) electrons. The zero-order chi connectivity index (χ0) is 18.7. The number of rotatable bonds is 6. The van der Waals surface area contributed by atoms with E-state index >= 15 is 0 Å². The Morgan fingerprint density at radius 2 is 2.00 bits per heavy atom. The van der Waals surface area contributed by atoms with Crippen LogP contribution in [0, 0.1) is 6.92 Å². The van der Waals surface area contributed by atoms with Crippen LogP contribution in [0.4, 0.5) is 0 Å². The van der Waals surface area contributed by atoms with Gasteiger partial charge >= 0.3 is 5.97 Å². The SMILES string of the molecule is COC(=O)c1c(C)n(CCOCc2ccccc2Cl)c2ccc(O)cc12. The minimum absolute atomic E-state index is 0.106. The smallest absolute Gasteiger partial charge is 0.340 e. The topological polar surface area (TPSA) is 60.7 Å². The molecule has 0 unspecified atom stereocenters. The largest absolute Gasteiger partial charge is 0.508 e. The highest BCUT2D eigenvalue weighted by atomic mass is 35.5. The fourth-order valence-corrected chi connectivity index (χ4v) is 3.26. The highest BCUT2D eigenvalue weighted by Crippen LogP contribution is 2.29. The van der Waals surface area contributed by atoms with Crippen LogP contribution in [-0.4, -0.2) is 29.4 Å². The van der Waals surface area contributed by atoms with E-state index in [0.29, 0.717) is 35.7 Å². The molecule has 0 spiro atoms. The van der Waals surface area contributed by atoms with Gasteiger partial charge in [-0.25, -0.2) is 4.79 Å². The van der Waals surface area contributed by atoms with Crippen molar-refractivity contribution in [2.75, 3.05) is 13.7 Å². The van der Waals surface area contributed by atoms with Crippen molar-refractivity contribution < 1.29 is 19.4 Å². The van der Waals surface area contributed by atoms with Crippen LogP contribution in [-0.2, 0) is 22.6 Å². The van der Waals surface area contributed by atoms with Gasteiger partial charge in [0.25, 0.3) is 0 Å². The van der Waals surface area contributed by atoms with Gasteiger partial charge in [-0.05, 0) is 36.8 Å². The molecule has 6 heteroatoms. The van der Waals surface area contributed by atoms with Crippen LogP contribution < -0.4 is 0 Å². The van der Waals surface area contributed by atoms with Crippen LogP contribution >= 0.6 is 11.6 Å². The van der Waals surface area contributed by atoms with E-state index in [0.717, 1.165) is 16.8 Å². The van der Waals surface area contributed by atoms with Crippen LogP contribution in [0.15, 0.2) is 42.5 Å². The second-order valence-corrected chi connectivity index (χ2v) is 6.36. The number of halogens is 1. The maximum Gasteiger partial charge on any atom is 0.340 e. The van der Waals surface area contributed by atoms with Gasteiger partial charge in [0.05, 0.1) is 25.9 Å². The maximum atomic E-state index is 12.2. The lowest BCUT2D eigenvalue weighted by atomic mass is 10.1. The number of hydrogen-bond donors (Lipinski definition) is 1. The first kappa shape index (κ1) is 18.3. The number of esters is 1. The molecule has 1 N–H and O–H groups in total. The molecule has 0 saturated heterocycles. The molecule has 0 aliphatic rings. The second-order valence-electron chi connectivity index (χ2n) is 5.95. The van der Waals surface area contributed by atoms with Gasteiger partial charge in [-0.1, -0.05) is 29.8 Å². The molecule has 0 aliphatic carbocycles. The zero-order valence-corrected chi connectivity index (χ0v) is 15.4. The van der Waals surface area contributed by atoms with Crippen molar-refractivity contribution in [3.05, 3.63) is 64.3 Å². The third-order valence-electron chi connectivity index (χ3n) is 4.37. The molecule has 136 valence electrons. The van der Waals surface area contributed by atoms with Gasteiger partial charge in [0.1, 0.15) is 5.75 Å². The van der Waals surface area contributed by atoms with Crippen molar-refractivity contribution in [3.8, 4) is 5.75 Å². The molecule has 2 aromatic carbocycles. The minimum Gasteiger partial charge on any atom is -0.508 e. The Morgan fingerprint density at radius 1 is 1.23 bits per heavy atom. The summed E-state index contributed by atoms with van der Waals surface area (Å²) < 4.78 is 12.6. The summed E-state index contributed by atoms with van der Waals surface area (Å²) in [5.41, 5.74) is 3.02. The molecular formula is C20H20ClNO4. The normalized spacial score (nSPS) is 11.0. The minimum atomic E-state index is -0.422. The lowest BCUT2D eigenvalue weighted by Gasteiger charge is -2.10. The lowest BCUT2D eigenvalue weighted by Crippen LogP contribution is -2.09.